The number of rotatable bonds is 8. The number of hydrogen-bond acceptors (Lipinski definition) is 4. The Morgan fingerprint density at radius 1 is 1.23 bits per heavy atom. The number of nitrogens with zero attached hydrogens (tertiary/aromatic N) is 4. The second kappa shape index (κ2) is 11.7. The summed E-state index contributed by atoms with van der Waals surface area (Å²) in [5, 5.41) is 7.38. The highest BCUT2D eigenvalue weighted by molar-refractivity contribution is 14.0. The highest BCUT2D eigenvalue weighted by Crippen LogP contribution is 2.17. The van der Waals surface area contributed by atoms with Crippen LogP contribution in [0.5, 0.6) is 0 Å². The molecule has 0 aliphatic heterocycles. The van der Waals surface area contributed by atoms with Gasteiger partial charge in [0.15, 0.2) is 5.96 Å². The largest absolute Gasteiger partial charge is 0.361 e. The fourth-order valence-corrected chi connectivity index (χ4v) is 3.28. The van der Waals surface area contributed by atoms with Gasteiger partial charge in [0.2, 0.25) is 0 Å². The van der Waals surface area contributed by atoms with E-state index in [2.05, 4.69) is 44.4 Å². The highest BCUT2D eigenvalue weighted by atomic mass is 127. The summed E-state index contributed by atoms with van der Waals surface area (Å²) in [7, 11) is 2.03. The average Bonchev–Trinajstić information content (AvgIpc) is 3.32. The topological polar surface area (TPSA) is 82.3 Å². The maximum absolute atomic E-state index is 5.23. The molecule has 2 heterocycles. The number of imidazole rings is 1. The molecule has 0 saturated heterocycles. The molecule has 0 saturated carbocycles. The zero-order chi connectivity index (χ0) is 20.6. The summed E-state index contributed by atoms with van der Waals surface area (Å²) in [6.45, 7) is 8.24. The van der Waals surface area contributed by atoms with Crippen molar-refractivity contribution >= 4 is 29.9 Å². The molecule has 7 nitrogen and oxygen atoms in total. The lowest BCUT2D eigenvalue weighted by atomic mass is 10.1. The fraction of sp³-hybridized carbons (Fsp3) is 0.409. The van der Waals surface area contributed by atoms with Gasteiger partial charge in [-0.25, -0.2) is 4.98 Å². The molecule has 0 bridgehead atoms. The second-order valence-electron chi connectivity index (χ2n) is 7.11. The van der Waals surface area contributed by atoms with Crippen LogP contribution in [0.4, 0.5) is 0 Å². The highest BCUT2D eigenvalue weighted by Gasteiger charge is 2.11. The normalized spacial score (nSPS) is 11.3. The van der Waals surface area contributed by atoms with Crippen molar-refractivity contribution in [1.29, 1.82) is 0 Å². The van der Waals surface area contributed by atoms with Gasteiger partial charge in [0, 0.05) is 25.7 Å². The maximum Gasteiger partial charge on any atom is 0.194 e. The van der Waals surface area contributed by atoms with E-state index in [0.29, 0.717) is 6.54 Å². The van der Waals surface area contributed by atoms with Crippen LogP contribution >= 0.6 is 24.0 Å². The predicted molar refractivity (Wildman–Crippen MR) is 131 cm³/mol. The Labute approximate surface area is 195 Å². The van der Waals surface area contributed by atoms with Gasteiger partial charge in [-0.3, -0.25) is 4.99 Å². The number of aliphatic imine (C=N–C) groups is 1. The molecule has 2 aromatic heterocycles. The minimum Gasteiger partial charge on any atom is -0.361 e. The van der Waals surface area contributed by atoms with Crippen LogP contribution in [-0.4, -0.2) is 46.1 Å². The summed E-state index contributed by atoms with van der Waals surface area (Å²) >= 11 is 0. The molecule has 0 aliphatic carbocycles. The molecular weight excluding hydrogens is 491 g/mol. The summed E-state index contributed by atoms with van der Waals surface area (Å²) in [6.07, 6.45) is 3.75. The molecular formula is C22H31IN6O. The summed E-state index contributed by atoms with van der Waals surface area (Å²) in [4.78, 5) is 14.8. The van der Waals surface area contributed by atoms with Crippen molar-refractivity contribution < 1.29 is 4.52 Å². The van der Waals surface area contributed by atoms with E-state index in [9.17, 15) is 0 Å². The molecule has 162 valence electrons. The van der Waals surface area contributed by atoms with Crippen molar-refractivity contribution in [3.8, 4) is 11.3 Å². The van der Waals surface area contributed by atoms with Gasteiger partial charge in [0.05, 0.1) is 24.1 Å². The number of halogens is 1. The van der Waals surface area contributed by atoms with E-state index in [1.807, 2.05) is 45.3 Å². The third-order valence-corrected chi connectivity index (χ3v) is 4.82. The van der Waals surface area contributed by atoms with Crippen LogP contribution in [0.25, 0.3) is 11.3 Å². The number of H-pyrrole nitrogens is 1. The van der Waals surface area contributed by atoms with Gasteiger partial charge < -0.3 is 19.7 Å². The number of guanidine groups is 1. The van der Waals surface area contributed by atoms with E-state index in [1.165, 1.54) is 5.56 Å². The first-order valence-electron chi connectivity index (χ1n) is 10.1. The van der Waals surface area contributed by atoms with Gasteiger partial charge in [0.25, 0.3) is 0 Å². The van der Waals surface area contributed by atoms with Crippen LogP contribution in [-0.2, 0) is 13.0 Å². The summed E-state index contributed by atoms with van der Waals surface area (Å²) in [6, 6.07) is 10.2. The Kier molecular flexibility index (Phi) is 9.35. The molecule has 3 aromatic rings. The lowest BCUT2D eigenvalue weighted by molar-refractivity contribution is 0.392. The Hall–Kier alpha value is -2.36. The molecule has 0 atom stereocenters. The quantitative estimate of drug-likeness (QED) is 0.199. The predicted octanol–water partition coefficient (Wildman–Crippen LogP) is 4.33. The zero-order valence-corrected chi connectivity index (χ0v) is 20.4. The second-order valence-corrected chi connectivity index (χ2v) is 7.11. The fourth-order valence-electron chi connectivity index (χ4n) is 3.28. The molecule has 0 aliphatic rings. The van der Waals surface area contributed by atoms with Crippen molar-refractivity contribution in [3.63, 3.8) is 0 Å². The molecule has 3 rings (SSSR count). The number of hydrogen-bond donors (Lipinski definition) is 2. The molecule has 2 N–H and O–H groups in total. The zero-order valence-electron chi connectivity index (χ0n) is 18.1. The number of aryl methyl sites for hydroxylation is 2. The monoisotopic (exact) mass is 522 g/mol. The van der Waals surface area contributed by atoms with Gasteiger partial charge in [-0.05, 0) is 39.2 Å². The van der Waals surface area contributed by atoms with Crippen molar-refractivity contribution in [3.05, 3.63) is 59.4 Å². The van der Waals surface area contributed by atoms with Crippen LogP contribution in [0.1, 0.15) is 36.2 Å². The minimum absolute atomic E-state index is 0. The number of nitrogens with one attached hydrogen (secondary N) is 2. The number of aromatic nitrogens is 3. The van der Waals surface area contributed by atoms with E-state index >= 15 is 0 Å². The van der Waals surface area contributed by atoms with Crippen LogP contribution in [0.15, 0.2) is 46.0 Å². The van der Waals surface area contributed by atoms with Crippen molar-refractivity contribution in [1.82, 2.24) is 25.3 Å². The van der Waals surface area contributed by atoms with Crippen molar-refractivity contribution in [2.24, 2.45) is 4.99 Å². The Morgan fingerprint density at radius 2 is 2.00 bits per heavy atom. The molecule has 0 unspecified atom stereocenters. The smallest absolute Gasteiger partial charge is 0.194 e. The number of aromatic amines is 1. The van der Waals surface area contributed by atoms with E-state index in [-0.39, 0.29) is 24.0 Å². The first-order valence-corrected chi connectivity index (χ1v) is 10.1. The molecule has 0 spiro atoms. The Morgan fingerprint density at radius 3 is 2.67 bits per heavy atom. The molecule has 30 heavy (non-hydrogen) atoms. The first kappa shape index (κ1) is 23.9. The maximum atomic E-state index is 5.23. The third kappa shape index (κ3) is 6.32. The van der Waals surface area contributed by atoms with E-state index in [4.69, 9.17) is 9.52 Å². The van der Waals surface area contributed by atoms with Gasteiger partial charge in [-0.1, -0.05) is 35.5 Å². The van der Waals surface area contributed by atoms with Crippen molar-refractivity contribution in [2.75, 3.05) is 20.1 Å². The van der Waals surface area contributed by atoms with Crippen LogP contribution < -0.4 is 5.32 Å². The Balaban J connectivity index is 0.00000320. The standard InChI is InChI=1S/C22H30N6O.HI/c1-5-23-22(24-13-9-12-19-16(2)27-29-17(19)3)28(4)15-21-25-14-20(26-21)18-10-7-6-8-11-18;/h6-8,10-11,14H,5,9,12-13,15H2,1-4H3,(H,23,24)(H,25,26);1H. The van der Waals surface area contributed by atoms with Crippen LogP contribution in [0.2, 0.25) is 0 Å². The lowest BCUT2D eigenvalue weighted by Crippen LogP contribution is -2.38. The summed E-state index contributed by atoms with van der Waals surface area (Å²) in [5.41, 5.74) is 4.33. The van der Waals surface area contributed by atoms with Gasteiger partial charge >= 0.3 is 0 Å². The lowest BCUT2D eigenvalue weighted by Gasteiger charge is -2.21. The van der Waals surface area contributed by atoms with Crippen LogP contribution in [0.3, 0.4) is 0 Å². The first-order chi connectivity index (χ1) is 14.1. The van der Waals surface area contributed by atoms with Crippen LogP contribution in [0, 0.1) is 13.8 Å². The molecule has 1 aromatic carbocycles. The minimum atomic E-state index is 0. The van der Waals surface area contributed by atoms with Crippen molar-refractivity contribution in [2.45, 2.75) is 40.2 Å². The molecule has 8 heteroatoms. The molecule has 0 radical (unpaired) electrons. The van der Waals surface area contributed by atoms with Gasteiger partial charge in [0.1, 0.15) is 11.6 Å². The molecule has 0 fully saturated rings. The summed E-state index contributed by atoms with van der Waals surface area (Å²) in [5.74, 6) is 2.69. The van der Waals surface area contributed by atoms with E-state index in [0.717, 1.165) is 60.4 Å². The van der Waals surface area contributed by atoms with E-state index in [1.54, 1.807) is 0 Å². The Bertz CT molecular complexity index is 915. The van der Waals surface area contributed by atoms with Gasteiger partial charge in [-0.15, -0.1) is 24.0 Å². The number of benzene rings is 1. The van der Waals surface area contributed by atoms with Gasteiger partial charge in [-0.2, -0.15) is 0 Å². The summed E-state index contributed by atoms with van der Waals surface area (Å²) < 4.78 is 5.23. The SMILES string of the molecule is CCNC(=NCCCc1c(C)noc1C)N(C)Cc1ncc(-c2ccccc2)[nH]1.I. The average molecular weight is 522 g/mol. The van der Waals surface area contributed by atoms with E-state index < -0.39 is 0 Å². The third-order valence-electron chi connectivity index (χ3n) is 4.82. The molecule has 0 amide bonds.